The highest BCUT2D eigenvalue weighted by Crippen LogP contribution is 2.33. The van der Waals surface area contributed by atoms with Crippen molar-refractivity contribution < 1.29 is 18.7 Å². The molecule has 0 saturated heterocycles. The fourth-order valence-electron chi connectivity index (χ4n) is 3.59. The van der Waals surface area contributed by atoms with Gasteiger partial charge < -0.3 is 18.9 Å². The van der Waals surface area contributed by atoms with Crippen LogP contribution in [0.4, 0.5) is 4.39 Å². The monoisotopic (exact) mass is 408 g/mol. The van der Waals surface area contributed by atoms with E-state index in [0.29, 0.717) is 36.7 Å². The molecule has 5 nitrogen and oxygen atoms in total. The summed E-state index contributed by atoms with van der Waals surface area (Å²) in [5.74, 6) is 0.977. The summed E-state index contributed by atoms with van der Waals surface area (Å²) in [5, 5.41) is 0. The van der Waals surface area contributed by atoms with E-state index in [1.807, 2.05) is 29.3 Å². The van der Waals surface area contributed by atoms with E-state index >= 15 is 0 Å². The fourth-order valence-corrected chi connectivity index (χ4v) is 3.59. The number of aromatic nitrogens is 1. The zero-order chi connectivity index (χ0) is 20.9. The van der Waals surface area contributed by atoms with Crippen molar-refractivity contribution in [3.05, 3.63) is 83.4 Å². The Balaban J connectivity index is 1.54. The fraction of sp³-hybridized carbons (Fsp3) is 0.292. The van der Waals surface area contributed by atoms with E-state index in [2.05, 4.69) is 11.5 Å². The van der Waals surface area contributed by atoms with Crippen molar-refractivity contribution in [1.29, 1.82) is 0 Å². The Labute approximate surface area is 175 Å². The number of carbonyl (C=O) groups excluding carboxylic acids is 1. The van der Waals surface area contributed by atoms with Crippen LogP contribution in [0.2, 0.25) is 0 Å². The molecule has 1 amide bonds. The molecule has 6 heteroatoms. The van der Waals surface area contributed by atoms with E-state index in [4.69, 9.17) is 9.47 Å². The van der Waals surface area contributed by atoms with E-state index in [1.54, 1.807) is 24.3 Å². The van der Waals surface area contributed by atoms with Crippen molar-refractivity contribution in [2.45, 2.75) is 32.9 Å². The number of ether oxygens (including phenoxy) is 2. The smallest absolute Gasteiger partial charge is 0.254 e. The Kier molecular flexibility index (Phi) is 6.02. The SMILES string of the molecule is CCCCN(Cc1cccn1Cc1cccc(F)c1)C(=O)c1ccc2c(c1)OCO2. The van der Waals surface area contributed by atoms with Gasteiger partial charge in [-0.25, -0.2) is 4.39 Å². The molecule has 0 fully saturated rings. The molecule has 0 N–H and O–H groups in total. The normalized spacial score (nSPS) is 12.2. The van der Waals surface area contributed by atoms with Crippen molar-refractivity contribution in [2.24, 2.45) is 0 Å². The van der Waals surface area contributed by atoms with Crippen LogP contribution in [0, 0.1) is 5.82 Å². The third-order valence-electron chi connectivity index (χ3n) is 5.21. The first kappa shape index (κ1) is 20.0. The quantitative estimate of drug-likeness (QED) is 0.535. The number of unbranched alkanes of at least 4 members (excludes halogenated alkanes) is 1. The van der Waals surface area contributed by atoms with Crippen LogP contribution in [0.3, 0.4) is 0 Å². The van der Waals surface area contributed by atoms with Crippen LogP contribution in [0.15, 0.2) is 60.8 Å². The van der Waals surface area contributed by atoms with Crippen molar-refractivity contribution in [3.8, 4) is 11.5 Å². The summed E-state index contributed by atoms with van der Waals surface area (Å²) in [6, 6.07) is 15.9. The Bertz CT molecular complexity index is 1030. The van der Waals surface area contributed by atoms with Gasteiger partial charge in [0.15, 0.2) is 11.5 Å². The second-order valence-electron chi connectivity index (χ2n) is 7.41. The van der Waals surface area contributed by atoms with Crippen LogP contribution in [0.5, 0.6) is 11.5 Å². The van der Waals surface area contributed by atoms with Crippen LogP contribution in [0.25, 0.3) is 0 Å². The Morgan fingerprint density at radius 1 is 1.10 bits per heavy atom. The van der Waals surface area contributed by atoms with Gasteiger partial charge in [0.2, 0.25) is 6.79 Å². The van der Waals surface area contributed by atoms with Crippen LogP contribution in [-0.2, 0) is 13.1 Å². The number of carbonyl (C=O) groups is 1. The molecule has 30 heavy (non-hydrogen) atoms. The minimum atomic E-state index is -0.247. The summed E-state index contributed by atoms with van der Waals surface area (Å²) >= 11 is 0. The summed E-state index contributed by atoms with van der Waals surface area (Å²) in [6.45, 7) is 3.99. The van der Waals surface area contributed by atoms with Gasteiger partial charge in [0.1, 0.15) is 5.82 Å². The number of nitrogens with zero attached hydrogens (tertiary/aromatic N) is 2. The lowest BCUT2D eigenvalue weighted by Crippen LogP contribution is -2.32. The molecule has 0 atom stereocenters. The third-order valence-corrected chi connectivity index (χ3v) is 5.21. The molecule has 0 bridgehead atoms. The molecule has 4 rings (SSSR count). The predicted octanol–water partition coefficient (Wildman–Crippen LogP) is 4.85. The summed E-state index contributed by atoms with van der Waals surface area (Å²) < 4.78 is 26.4. The Hall–Kier alpha value is -3.28. The van der Waals surface area contributed by atoms with Crippen molar-refractivity contribution in [2.75, 3.05) is 13.3 Å². The van der Waals surface area contributed by atoms with Gasteiger partial charge in [-0.2, -0.15) is 0 Å². The highest BCUT2D eigenvalue weighted by atomic mass is 19.1. The number of rotatable bonds is 8. The molecule has 0 unspecified atom stereocenters. The maximum Gasteiger partial charge on any atom is 0.254 e. The second-order valence-corrected chi connectivity index (χ2v) is 7.41. The average Bonchev–Trinajstić information content (AvgIpc) is 3.39. The highest BCUT2D eigenvalue weighted by molar-refractivity contribution is 5.95. The van der Waals surface area contributed by atoms with Crippen molar-refractivity contribution >= 4 is 5.91 Å². The molecule has 1 aliphatic heterocycles. The van der Waals surface area contributed by atoms with Gasteiger partial charge in [-0.1, -0.05) is 25.5 Å². The number of amides is 1. The van der Waals surface area contributed by atoms with E-state index in [-0.39, 0.29) is 18.5 Å². The van der Waals surface area contributed by atoms with Crippen LogP contribution in [0.1, 0.15) is 41.4 Å². The molecule has 3 aromatic rings. The molecule has 2 aromatic carbocycles. The Morgan fingerprint density at radius 3 is 2.80 bits per heavy atom. The largest absolute Gasteiger partial charge is 0.454 e. The number of benzene rings is 2. The molecule has 1 aliphatic rings. The first-order valence-electron chi connectivity index (χ1n) is 10.2. The minimum absolute atomic E-state index is 0.0414. The molecule has 2 heterocycles. The molecule has 1 aromatic heterocycles. The van der Waals surface area contributed by atoms with Gasteiger partial charge in [-0.15, -0.1) is 0 Å². The van der Waals surface area contributed by atoms with Crippen molar-refractivity contribution in [1.82, 2.24) is 9.47 Å². The van der Waals surface area contributed by atoms with E-state index < -0.39 is 0 Å². The number of hydrogen-bond donors (Lipinski definition) is 0. The maximum absolute atomic E-state index is 13.6. The van der Waals surface area contributed by atoms with Crippen LogP contribution >= 0.6 is 0 Å². The summed E-state index contributed by atoms with van der Waals surface area (Å²) in [6.07, 6.45) is 3.87. The molecule has 0 saturated carbocycles. The molecule has 156 valence electrons. The predicted molar refractivity (Wildman–Crippen MR) is 112 cm³/mol. The number of halogens is 1. The second kappa shape index (κ2) is 9.03. The van der Waals surface area contributed by atoms with Gasteiger partial charge in [0.25, 0.3) is 5.91 Å². The zero-order valence-corrected chi connectivity index (χ0v) is 17.0. The third kappa shape index (κ3) is 4.48. The van der Waals surface area contributed by atoms with E-state index in [9.17, 15) is 9.18 Å². The van der Waals surface area contributed by atoms with Gasteiger partial charge in [-0.05, 0) is 54.4 Å². The maximum atomic E-state index is 13.6. The van der Waals surface area contributed by atoms with Gasteiger partial charge in [0, 0.05) is 30.5 Å². The summed E-state index contributed by atoms with van der Waals surface area (Å²) in [5.41, 5.74) is 2.47. The molecule has 0 spiro atoms. The first-order valence-corrected chi connectivity index (χ1v) is 10.2. The minimum Gasteiger partial charge on any atom is -0.454 e. The number of fused-ring (bicyclic) bond motifs is 1. The topological polar surface area (TPSA) is 43.7 Å². The lowest BCUT2D eigenvalue weighted by molar-refractivity contribution is 0.0736. The van der Waals surface area contributed by atoms with E-state index in [0.717, 1.165) is 24.1 Å². The molecular formula is C24H25FN2O3. The Morgan fingerprint density at radius 2 is 1.97 bits per heavy atom. The molecule has 0 aliphatic carbocycles. The summed E-state index contributed by atoms with van der Waals surface area (Å²) in [7, 11) is 0. The zero-order valence-electron chi connectivity index (χ0n) is 17.0. The molecular weight excluding hydrogens is 383 g/mol. The highest BCUT2D eigenvalue weighted by Gasteiger charge is 2.21. The van der Waals surface area contributed by atoms with E-state index in [1.165, 1.54) is 12.1 Å². The van der Waals surface area contributed by atoms with Crippen LogP contribution < -0.4 is 9.47 Å². The lowest BCUT2D eigenvalue weighted by atomic mass is 10.1. The van der Waals surface area contributed by atoms with Gasteiger partial charge >= 0.3 is 0 Å². The molecule has 0 radical (unpaired) electrons. The standard InChI is InChI=1S/C24H25FN2O3/c1-2-3-11-27(24(28)19-9-10-22-23(14-19)30-17-29-22)16-21-8-5-12-26(21)15-18-6-4-7-20(25)13-18/h4-10,12-14H,2-3,11,15-17H2,1H3. The van der Waals surface area contributed by atoms with Crippen molar-refractivity contribution in [3.63, 3.8) is 0 Å². The van der Waals surface area contributed by atoms with Gasteiger partial charge in [-0.3, -0.25) is 4.79 Å². The average molecular weight is 408 g/mol. The van der Waals surface area contributed by atoms with Crippen LogP contribution in [-0.4, -0.2) is 28.7 Å². The number of hydrogen-bond acceptors (Lipinski definition) is 3. The summed E-state index contributed by atoms with van der Waals surface area (Å²) in [4.78, 5) is 15.1. The first-order chi connectivity index (χ1) is 14.6. The lowest BCUT2D eigenvalue weighted by Gasteiger charge is -2.24. The van der Waals surface area contributed by atoms with Gasteiger partial charge in [0.05, 0.1) is 6.54 Å².